The van der Waals surface area contributed by atoms with Crippen molar-refractivity contribution in [3.8, 4) is 0 Å². The van der Waals surface area contributed by atoms with Crippen LogP contribution in [0.1, 0.15) is 16.9 Å². The normalized spacial score (nSPS) is 15.1. The Morgan fingerprint density at radius 1 is 0.900 bits per heavy atom. The van der Waals surface area contributed by atoms with Crippen LogP contribution in [0.5, 0.6) is 0 Å². The summed E-state index contributed by atoms with van der Waals surface area (Å²) in [5, 5.41) is 5.22. The van der Waals surface area contributed by atoms with Crippen LogP contribution in [0.2, 0.25) is 0 Å². The fourth-order valence-corrected chi connectivity index (χ4v) is 5.49. The minimum Gasteiger partial charge on any atom is -0.353 e. The third kappa shape index (κ3) is 3.90. The van der Waals surface area contributed by atoms with Gasteiger partial charge in [0.15, 0.2) is 0 Å². The Hall–Kier alpha value is -2.55. The lowest BCUT2D eigenvalue weighted by Crippen LogP contribution is -2.47. The third-order valence-electron chi connectivity index (χ3n) is 5.56. The molecule has 1 aliphatic heterocycles. The Balaban J connectivity index is 1.08. The maximum atomic E-state index is 12.5. The Bertz CT molecular complexity index is 1160. The highest BCUT2D eigenvalue weighted by Gasteiger charge is 2.20. The van der Waals surface area contributed by atoms with Crippen molar-refractivity contribution < 1.29 is 4.79 Å². The molecule has 0 unspecified atom stereocenters. The van der Waals surface area contributed by atoms with Crippen molar-refractivity contribution in [2.24, 2.45) is 0 Å². The topological polar surface area (TPSA) is 61.4 Å². The number of hydrogen-bond acceptors (Lipinski definition) is 7. The van der Waals surface area contributed by atoms with Gasteiger partial charge in [-0.1, -0.05) is 30.3 Å². The number of hydrogen-bond donors (Lipinski definition) is 1. The first-order chi connectivity index (χ1) is 14.8. The molecule has 2 aromatic carbocycles. The van der Waals surface area contributed by atoms with Gasteiger partial charge < -0.3 is 10.2 Å². The van der Waals surface area contributed by atoms with E-state index in [1.54, 1.807) is 11.5 Å². The summed E-state index contributed by atoms with van der Waals surface area (Å²) in [5.74, 6) is 1.05. The van der Waals surface area contributed by atoms with Gasteiger partial charge in [0.05, 0.1) is 9.40 Å². The predicted octanol–water partition coefficient (Wildman–Crippen LogP) is 3.85. The van der Waals surface area contributed by atoms with E-state index in [1.165, 1.54) is 21.6 Å². The first-order valence-electron chi connectivity index (χ1n) is 10.2. The van der Waals surface area contributed by atoms with E-state index < -0.39 is 0 Å². The van der Waals surface area contributed by atoms with Gasteiger partial charge in [-0.05, 0) is 54.2 Å². The number of aromatic nitrogens is 2. The van der Waals surface area contributed by atoms with Gasteiger partial charge in [0, 0.05) is 43.5 Å². The highest BCUT2D eigenvalue weighted by Crippen LogP contribution is 2.29. The second kappa shape index (κ2) is 8.67. The molecule has 1 aliphatic rings. The number of carbonyl (C=O) groups excluding carboxylic acids is 1. The summed E-state index contributed by atoms with van der Waals surface area (Å²) in [7, 11) is 0. The lowest BCUT2D eigenvalue weighted by molar-refractivity contribution is 0.0949. The Morgan fingerprint density at radius 2 is 1.57 bits per heavy atom. The number of nitrogens with zero attached hydrogens (tertiary/aromatic N) is 4. The van der Waals surface area contributed by atoms with E-state index in [0.717, 1.165) is 55.0 Å². The minimum absolute atomic E-state index is 0.0762. The van der Waals surface area contributed by atoms with Crippen LogP contribution in [0.25, 0.3) is 20.2 Å². The van der Waals surface area contributed by atoms with Crippen LogP contribution in [-0.4, -0.2) is 58.8 Å². The zero-order chi connectivity index (χ0) is 20.3. The molecule has 154 valence electrons. The SMILES string of the molecule is O=C(NCCCN1CCN(c2nsc3ccccc23)CC1)c1nsc2ccccc12. The maximum absolute atomic E-state index is 12.5. The van der Waals surface area contributed by atoms with E-state index in [2.05, 4.69) is 48.1 Å². The van der Waals surface area contributed by atoms with E-state index in [-0.39, 0.29) is 5.91 Å². The van der Waals surface area contributed by atoms with Crippen molar-refractivity contribution in [3.05, 3.63) is 54.2 Å². The average Bonchev–Trinajstić information content (AvgIpc) is 3.41. The summed E-state index contributed by atoms with van der Waals surface area (Å²) in [6, 6.07) is 16.3. The summed E-state index contributed by atoms with van der Waals surface area (Å²) in [6.45, 7) is 5.69. The number of amides is 1. The first-order valence-corrected chi connectivity index (χ1v) is 11.8. The van der Waals surface area contributed by atoms with Crippen molar-refractivity contribution in [1.29, 1.82) is 0 Å². The third-order valence-corrected chi connectivity index (χ3v) is 7.20. The van der Waals surface area contributed by atoms with E-state index in [4.69, 9.17) is 0 Å². The van der Waals surface area contributed by atoms with E-state index in [1.807, 2.05) is 24.3 Å². The fraction of sp³-hybridized carbons (Fsp3) is 0.318. The molecular formula is C22H23N5OS2. The summed E-state index contributed by atoms with van der Waals surface area (Å²) in [5.41, 5.74) is 0.541. The molecule has 1 N–H and O–H groups in total. The van der Waals surface area contributed by atoms with Crippen molar-refractivity contribution >= 4 is 55.0 Å². The van der Waals surface area contributed by atoms with Gasteiger partial charge >= 0.3 is 0 Å². The molecule has 1 saturated heterocycles. The highest BCUT2D eigenvalue weighted by atomic mass is 32.1. The summed E-state index contributed by atoms with van der Waals surface area (Å²) in [6.07, 6.45) is 0.938. The Kier molecular flexibility index (Phi) is 5.61. The van der Waals surface area contributed by atoms with Crippen molar-refractivity contribution in [3.63, 3.8) is 0 Å². The lowest BCUT2D eigenvalue weighted by Gasteiger charge is -2.35. The van der Waals surface area contributed by atoms with Gasteiger partial charge in [0.25, 0.3) is 5.91 Å². The molecule has 8 heteroatoms. The van der Waals surface area contributed by atoms with Gasteiger partial charge in [-0.2, -0.15) is 8.75 Å². The van der Waals surface area contributed by atoms with Gasteiger partial charge in [0.1, 0.15) is 11.5 Å². The van der Waals surface area contributed by atoms with Gasteiger partial charge in [0.2, 0.25) is 0 Å². The largest absolute Gasteiger partial charge is 0.353 e. The van der Waals surface area contributed by atoms with Crippen LogP contribution in [0.15, 0.2) is 48.5 Å². The average molecular weight is 438 g/mol. The zero-order valence-corrected chi connectivity index (χ0v) is 18.2. The number of piperazine rings is 1. The summed E-state index contributed by atoms with van der Waals surface area (Å²) < 4.78 is 11.3. The van der Waals surface area contributed by atoms with Crippen molar-refractivity contribution in [1.82, 2.24) is 19.0 Å². The molecule has 0 atom stereocenters. The molecule has 6 nitrogen and oxygen atoms in total. The second-order valence-electron chi connectivity index (χ2n) is 7.47. The summed E-state index contributed by atoms with van der Waals surface area (Å²) in [4.78, 5) is 17.3. The van der Waals surface area contributed by atoms with Crippen molar-refractivity contribution in [2.45, 2.75) is 6.42 Å². The lowest BCUT2D eigenvalue weighted by atomic mass is 10.2. The molecule has 30 heavy (non-hydrogen) atoms. The zero-order valence-electron chi connectivity index (χ0n) is 16.6. The molecule has 3 heterocycles. The number of rotatable bonds is 6. The number of benzene rings is 2. The molecule has 0 bridgehead atoms. The number of fused-ring (bicyclic) bond motifs is 2. The fourth-order valence-electron chi connectivity index (χ4n) is 3.92. The van der Waals surface area contributed by atoms with Crippen LogP contribution in [0, 0.1) is 0 Å². The van der Waals surface area contributed by atoms with E-state index in [0.29, 0.717) is 12.2 Å². The van der Waals surface area contributed by atoms with Crippen LogP contribution >= 0.6 is 23.1 Å². The molecule has 4 aromatic rings. The molecule has 2 aromatic heterocycles. The minimum atomic E-state index is -0.0762. The quantitative estimate of drug-likeness (QED) is 0.464. The standard InChI is InChI=1S/C22H23N5OS2/c28-22(20-16-6-1-3-8-18(16)29-24-20)23-10-5-11-26-12-14-27(15-13-26)21-17-7-2-4-9-19(17)30-25-21/h1-4,6-9H,5,10-15H2,(H,23,28). The van der Waals surface area contributed by atoms with Gasteiger partial charge in [-0.15, -0.1) is 0 Å². The first kappa shape index (κ1) is 19.4. The van der Waals surface area contributed by atoms with Crippen LogP contribution in [-0.2, 0) is 0 Å². The van der Waals surface area contributed by atoms with Crippen LogP contribution in [0.4, 0.5) is 5.82 Å². The smallest absolute Gasteiger partial charge is 0.271 e. The van der Waals surface area contributed by atoms with E-state index >= 15 is 0 Å². The molecule has 0 saturated carbocycles. The molecule has 0 aliphatic carbocycles. The van der Waals surface area contributed by atoms with Crippen LogP contribution < -0.4 is 10.2 Å². The van der Waals surface area contributed by atoms with Gasteiger partial charge in [-0.25, -0.2) is 0 Å². The monoisotopic (exact) mass is 437 g/mol. The Morgan fingerprint density at radius 3 is 2.37 bits per heavy atom. The molecular weight excluding hydrogens is 414 g/mol. The number of carbonyl (C=O) groups is 1. The molecule has 0 spiro atoms. The maximum Gasteiger partial charge on any atom is 0.271 e. The molecule has 1 amide bonds. The summed E-state index contributed by atoms with van der Waals surface area (Å²) >= 11 is 2.95. The number of nitrogens with one attached hydrogen (secondary N) is 1. The molecule has 0 radical (unpaired) electrons. The van der Waals surface area contributed by atoms with Gasteiger partial charge in [-0.3, -0.25) is 9.69 Å². The second-order valence-corrected chi connectivity index (χ2v) is 9.08. The van der Waals surface area contributed by atoms with E-state index in [9.17, 15) is 4.79 Å². The van der Waals surface area contributed by atoms with Crippen LogP contribution in [0.3, 0.4) is 0 Å². The molecule has 5 rings (SSSR count). The Labute approximate surface area is 183 Å². The predicted molar refractivity (Wildman–Crippen MR) is 125 cm³/mol. The molecule has 1 fully saturated rings. The van der Waals surface area contributed by atoms with Crippen molar-refractivity contribution in [2.75, 3.05) is 44.2 Å². The highest BCUT2D eigenvalue weighted by molar-refractivity contribution is 7.14. The number of anilines is 1.